The predicted octanol–water partition coefficient (Wildman–Crippen LogP) is 0.847. The molecule has 0 aromatic carbocycles. The second-order valence-corrected chi connectivity index (χ2v) is 5.28. The molecule has 2 saturated heterocycles. The fourth-order valence-electron chi connectivity index (χ4n) is 3.17. The van der Waals surface area contributed by atoms with Crippen LogP contribution in [0.1, 0.15) is 24.8 Å². The molecule has 5 nitrogen and oxygen atoms in total. The number of hydrogen-bond acceptors (Lipinski definition) is 4. The summed E-state index contributed by atoms with van der Waals surface area (Å²) in [5.74, 6) is 0.848. The highest BCUT2D eigenvalue weighted by Crippen LogP contribution is 2.33. The Morgan fingerprint density at radius 3 is 3.16 bits per heavy atom. The molecule has 2 fully saturated rings. The first-order valence-corrected chi connectivity index (χ1v) is 6.79. The molecule has 2 aliphatic heterocycles. The number of aromatic nitrogens is 1. The van der Waals surface area contributed by atoms with Crippen LogP contribution in [-0.4, -0.2) is 30.1 Å². The highest BCUT2D eigenvalue weighted by molar-refractivity contribution is 5.80. The van der Waals surface area contributed by atoms with Gasteiger partial charge in [-0.2, -0.15) is 0 Å². The van der Waals surface area contributed by atoms with Crippen LogP contribution in [0.25, 0.3) is 0 Å². The van der Waals surface area contributed by atoms with E-state index in [-0.39, 0.29) is 11.8 Å². The van der Waals surface area contributed by atoms with E-state index >= 15 is 0 Å². The number of fused-ring (bicyclic) bond motifs is 2. The number of carbonyl (C=O) groups excluding carboxylic acids is 1. The average Bonchev–Trinajstić information content (AvgIpc) is 3.07. The lowest BCUT2D eigenvalue weighted by molar-refractivity contribution is -0.125. The summed E-state index contributed by atoms with van der Waals surface area (Å²) < 4.78 is 5.18. The van der Waals surface area contributed by atoms with Crippen LogP contribution in [0.3, 0.4) is 0 Å². The molecular weight excluding hydrogens is 242 g/mol. The number of carbonyl (C=O) groups is 1. The first kappa shape index (κ1) is 12.4. The normalized spacial score (nSPS) is 28.4. The Hall–Kier alpha value is -1.62. The van der Waals surface area contributed by atoms with Crippen LogP contribution in [0.4, 0.5) is 0 Å². The van der Waals surface area contributed by atoms with Crippen molar-refractivity contribution < 1.29 is 9.53 Å². The summed E-state index contributed by atoms with van der Waals surface area (Å²) in [5.41, 5.74) is 0.912. The number of rotatable bonds is 4. The smallest absolute Gasteiger partial charge is 0.225 e. The molecule has 19 heavy (non-hydrogen) atoms. The zero-order valence-electron chi connectivity index (χ0n) is 11.1. The minimum atomic E-state index is 0.126. The van der Waals surface area contributed by atoms with Gasteiger partial charge in [0.25, 0.3) is 0 Å². The lowest BCUT2D eigenvalue weighted by Gasteiger charge is -2.19. The Morgan fingerprint density at radius 2 is 2.47 bits per heavy atom. The Kier molecular flexibility index (Phi) is 3.38. The number of nitrogens with one attached hydrogen (secondary N) is 2. The third kappa shape index (κ3) is 2.42. The molecule has 0 spiro atoms. The summed E-state index contributed by atoms with van der Waals surface area (Å²) in [7, 11) is 1.59. The molecule has 0 aliphatic carbocycles. The fraction of sp³-hybridized carbons (Fsp3) is 0.571. The van der Waals surface area contributed by atoms with Crippen LogP contribution in [0.15, 0.2) is 18.3 Å². The van der Waals surface area contributed by atoms with Crippen LogP contribution < -0.4 is 15.4 Å². The van der Waals surface area contributed by atoms with Crippen molar-refractivity contribution in [2.75, 3.05) is 7.11 Å². The summed E-state index contributed by atoms with van der Waals surface area (Å²) >= 11 is 0. The largest absolute Gasteiger partial charge is 0.481 e. The Morgan fingerprint density at radius 1 is 1.58 bits per heavy atom. The topological polar surface area (TPSA) is 63.2 Å². The molecule has 3 heterocycles. The molecule has 1 aromatic rings. The van der Waals surface area contributed by atoms with Crippen molar-refractivity contribution in [3.8, 4) is 5.88 Å². The van der Waals surface area contributed by atoms with Crippen molar-refractivity contribution >= 4 is 5.91 Å². The molecule has 0 radical (unpaired) electrons. The van der Waals surface area contributed by atoms with E-state index in [1.54, 1.807) is 13.3 Å². The molecule has 2 aliphatic rings. The van der Waals surface area contributed by atoms with E-state index in [9.17, 15) is 4.79 Å². The van der Waals surface area contributed by atoms with E-state index in [1.165, 1.54) is 6.42 Å². The van der Waals surface area contributed by atoms with Gasteiger partial charge in [0, 0.05) is 30.4 Å². The van der Waals surface area contributed by atoms with Crippen molar-refractivity contribution in [1.82, 2.24) is 15.6 Å². The van der Waals surface area contributed by atoms with Crippen LogP contribution in [0.5, 0.6) is 5.88 Å². The number of hydrogen-bond donors (Lipinski definition) is 2. The second-order valence-electron chi connectivity index (χ2n) is 5.28. The number of ether oxygens (including phenoxy) is 1. The van der Waals surface area contributed by atoms with Crippen LogP contribution in [0.2, 0.25) is 0 Å². The van der Waals surface area contributed by atoms with E-state index in [0.29, 0.717) is 24.5 Å². The lowest BCUT2D eigenvalue weighted by Crippen LogP contribution is -2.37. The van der Waals surface area contributed by atoms with Gasteiger partial charge in [-0.1, -0.05) is 6.07 Å². The lowest BCUT2D eigenvalue weighted by atomic mass is 9.88. The molecule has 2 bridgehead atoms. The first-order valence-electron chi connectivity index (χ1n) is 6.79. The van der Waals surface area contributed by atoms with Gasteiger partial charge < -0.3 is 15.4 Å². The highest BCUT2D eigenvalue weighted by atomic mass is 16.5. The molecule has 5 heteroatoms. The molecule has 1 amide bonds. The van der Waals surface area contributed by atoms with E-state index in [4.69, 9.17) is 4.74 Å². The Labute approximate surface area is 112 Å². The molecule has 3 unspecified atom stereocenters. The van der Waals surface area contributed by atoms with Gasteiger partial charge in [-0.3, -0.25) is 4.79 Å². The standard InChI is InChI=1S/C14H19N3O2/c1-19-14-9(3-2-6-15-14)8-16-13(18)11-7-10-4-5-12(11)17-10/h2-3,6,10-12,17H,4-5,7-8H2,1H3,(H,16,18). The summed E-state index contributed by atoms with van der Waals surface area (Å²) in [4.78, 5) is 16.3. The first-order chi connectivity index (χ1) is 9.28. The summed E-state index contributed by atoms with van der Waals surface area (Å²) in [6.45, 7) is 0.476. The maximum absolute atomic E-state index is 12.2. The van der Waals surface area contributed by atoms with Crippen molar-refractivity contribution in [3.63, 3.8) is 0 Å². The number of pyridine rings is 1. The van der Waals surface area contributed by atoms with E-state index in [1.807, 2.05) is 12.1 Å². The van der Waals surface area contributed by atoms with Gasteiger partial charge in [0.15, 0.2) is 0 Å². The molecule has 3 rings (SSSR count). The maximum atomic E-state index is 12.2. The number of methoxy groups -OCH3 is 1. The van der Waals surface area contributed by atoms with E-state index < -0.39 is 0 Å². The predicted molar refractivity (Wildman–Crippen MR) is 70.7 cm³/mol. The van der Waals surface area contributed by atoms with Crippen LogP contribution >= 0.6 is 0 Å². The minimum absolute atomic E-state index is 0.126. The van der Waals surface area contributed by atoms with E-state index in [2.05, 4.69) is 15.6 Å². The molecule has 0 saturated carbocycles. The van der Waals surface area contributed by atoms with E-state index in [0.717, 1.165) is 18.4 Å². The van der Waals surface area contributed by atoms with Crippen molar-refractivity contribution in [2.24, 2.45) is 5.92 Å². The molecular formula is C14H19N3O2. The summed E-state index contributed by atoms with van der Waals surface area (Å²) in [6, 6.07) is 4.70. The van der Waals surface area contributed by atoms with Gasteiger partial charge >= 0.3 is 0 Å². The SMILES string of the molecule is COc1ncccc1CNC(=O)C1CC2CCC1N2. The fourth-order valence-corrected chi connectivity index (χ4v) is 3.17. The third-order valence-electron chi connectivity index (χ3n) is 4.13. The molecule has 1 aromatic heterocycles. The van der Waals surface area contributed by atoms with Crippen LogP contribution in [0, 0.1) is 5.92 Å². The quantitative estimate of drug-likeness (QED) is 0.843. The van der Waals surface area contributed by atoms with Gasteiger partial charge in [0.05, 0.1) is 13.0 Å². The van der Waals surface area contributed by atoms with Crippen molar-refractivity contribution in [3.05, 3.63) is 23.9 Å². The summed E-state index contributed by atoms with van der Waals surface area (Å²) in [5, 5.41) is 6.48. The second kappa shape index (κ2) is 5.17. The average molecular weight is 261 g/mol. The van der Waals surface area contributed by atoms with Crippen LogP contribution in [-0.2, 0) is 11.3 Å². The Bertz CT molecular complexity index is 478. The van der Waals surface area contributed by atoms with Crippen molar-refractivity contribution in [2.45, 2.75) is 37.9 Å². The zero-order valence-corrected chi connectivity index (χ0v) is 11.1. The van der Waals surface area contributed by atoms with Gasteiger partial charge in [-0.05, 0) is 25.3 Å². The zero-order chi connectivity index (χ0) is 13.2. The maximum Gasteiger partial charge on any atom is 0.225 e. The number of nitrogens with zero attached hydrogens (tertiary/aromatic N) is 1. The summed E-state index contributed by atoms with van der Waals surface area (Å²) in [6.07, 6.45) is 4.99. The molecule has 3 atom stereocenters. The van der Waals surface area contributed by atoms with Gasteiger partial charge in [0.2, 0.25) is 11.8 Å². The third-order valence-corrected chi connectivity index (χ3v) is 4.13. The minimum Gasteiger partial charge on any atom is -0.481 e. The van der Waals surface area contributed by atoms with Crippen molar-refractivity contribution in [1.29, 1.82) is 0 Å². The number of amides is 1. The monoisotopic (exact) mass is 261 g/mol. The molecule has 102 valence electrons. The van der Waals surface area contributed by atoms with Gasteiger partial charge in [-0.25, -0.2) is 4.98 Å². The van der Waals surface area contributed by atoms with Gasteiger partial charge in [-0.15, -0.1) is 0 Å². The molecule has 2 N–H and O–H groups in total. The highest BCUT2D eigenvalue weighted by Gasteiger charge is 2.42. The van der Waals surface area contributed by atoms with Gasteiger partial charge in [0.1, 0.15) is 0 Å². The Balaban J connectivity index is 1.59.